The fraction of sp³-hybridized carbons (Fsp3) is 0.615. The zero-order valence-corrected chi connectivity index (χ0v) is 11.2. The first-order valence-electron chi connectivity index (χ1n) is 6.32. The molecule has 4 heteroatoms. The molecular formula is C13H24N4. The van der Waals surface area contributed by atoms with Crippen LogP contribution in [0.2, 0.25) is 0 Å². The van der Waals surface area contributed by atoms with Gasteiger partial charge in [0.1, 0.15) is 11.6 Å². The molecule has 4 nitrogen and oxygen atoms in total. The molecule has 1 aromatic rings. The van der Waals surface area contributed by atoms with E-state index in [4.69, 9.17) is 0 Å². The van der Waals surface area contributed by atoms with Crippen LogP contribution in [0, 0.1) is 0 Å². The Morgan fingerprint density at radius 3 is 2.47 bits per heavy atom. The van der Waals surface area contributed by atoms with Crippen molar-refractivity contribution in [2.24, 2.45) is 0 Å². The fourth-order valence-corrected chi connectivity index (χ4v) is 1.58. The van der Waals surface area contributed by atoms with Crippen molar-refractivity contribution in [1.29, 1.82) is 0 Å². The van der Waals surface area contributed by atoms with E-state index in [1.54, 1.807) is 0 Å². The molecular weight excluding hydrogens is 212 g/mol. The summed E-state index contributed by atoms with van der Waals surface area (Å²) in [6.45, 7) is 5.10. The quantitative estimate of drug-likeness (QED) is 0.679. The molecule has 0 fully saturated rings. The predicted molar refractivity (Wildman–Crippen MR) is 74.7 cm³/mol. The van der Waals surface area contributed by atoms with Gasteiger partial charge < -0.3 is 15.5 Å². The second kappa shape index (κ2) is 7.90. The average Bonchev–Trinajstić information content (AvgIpc) is 2.29. The Morgan fingerprint density at radius 2 is 1.82 bits per heavy atom. The number of nitrogens with zero attached hydrogens (tertiary/aromatic N) is 2. The van der Waals surface area contributed by atoms with Crippen molar-refractivity contribution in [3.63, 3.8) is 0 Å². The second-order valence-electron chi connectivity index (χ2n) is 4.38. The Balaban J connectivity index is 2.24. The molecule has 0 saturated carbocycles. The highest BCUT2D eigenvalue weighted by Gasteiger charge is 1.96. The van der Waals surface area contributed by atoms with Crippen molar-refractivity contribution in [1.82, 2.24) is 9.88 Å². The van der Waals surface area contributed by atoms with Gasteiger partial charge in [-0.05, 0) is 52.5 Å². The largest absolute Gasteiger partial charge is 0.370 e. The van der Waals surface area contributed by atoms with Gasteiger partial charge in [0, 0.05) is 13.1 Å². The highest BCUT2D eigenvalue weighted by molar-refractivity contribution is 5.44. The monoisotopic (exact) mass is 236 g/mol. The van der Waals surface area contributed by atoms with Crippen molar-refractivity contribution in [2.75, 3.05) is 44.4 Å². The molecule has 0 aliphatic rings. The third kappa shape index (κ3) is 6.12. The van der Waals surface area contributed by atoms with E-state index in [1.807, 2.05) is 18.2 Å². The zero-order chi connectivity index (χ0) is 12.5. The number of rotatable bonds is 8. The van der Waals surface area contributed by atoms with Crippen LogP contribution in [0.5, 0.6) is 0 Å². The van der Waals surface area contributed by atoms with Crippen LogP contribution in [0.25, 0.3) is 0 Å². The van der Waals surface area contributed by atoms with Crippen LogP contribution in [0.15, 0.2) is 18.2 Å². The Bertz CT molecular complexity index is 312. The molecule has 0 aliphatic carbocycles. The van der Waals surface area contributed by atoms with Gasteiger partial charge in [0.15, 0.2) is 0 Å². The van der Waals surface area contributed by atoms with E-state index in [0.29, 0.717) is 0 Å². The summed E-state index contributed by atoms with van der Waals surface area (Å²) >= 11 is 0. The molecule has 0 atom stereocenters. The normalized spacial score (nSPS) is 10.6. The molecule has 0 aliphatic heterocycles. The summed E-state index contributed by atoms with van der Waals surface area (Å²) in [6, 6.07) is 6.01. The molecule has 96 valence electrons. The van der Waals surface area contributed by atoms with Crippen LogP contribution < -0.4 is 10.6 Å². The lowest BCUT2D eigenvalue weighted by atomic mass is 10.3. The van der Waals surface area contributed by atoms with Crippen molar-refractivity contribution < 1.29 is 0 Å². The number of pyridine rings is 1. The predicted octanol–water partition coefficient (Wildman–Crippen LogP) is 2.27. The molecule has 0 unspecified atom stereocenters. The maximum atomic E-state index is 4.46. The molecule has 0 saturated heterocycles. The zero-order valence-electron chi connectivity index (χ0n) is 11.2. The Kier molecular flexibility index (Phi) is 6.40. The summed E-state index contributed by atoms with van der Waals surface area (Å²) in [4.78, 5) is 6.67. The molecule has 1 heterocycles. The summed E-state index contributed by atoms with van der Waals surface area (Å²) in [5.41, 5.74) is 0. The van der Waals surface area contributed by atoms with Gasteiger partial charge in [-0.15, -0.1) is 0 Å². The molecule has 2 N–H and O–H groups in total. The van der Waals surface area contributed by atoms with Crippen molar-refractivity contribution in [3.05, 3.63) is 18.2 Å². The average molecular weight is 236 g/mol. The number of aromatic nitrogens is 1. The molecule has 0 radical (unpaired) electrons. The first-order valence-corrected chi connectivity index (χ1v) is 6.32. The maximum absolute atomic E-state index is 4.46. The molecule has 0 spiro atoms. The smallest absolute Gasteiger partial charge is 0.128 e. The number of unbranched alkanes of at least 4 members (excludes halogenated alkanes) is 1. The first kappa shape index (κ1) is 13.8. The molecule has 0 bridgehead atoms. The van der Waals surface area contributed by atoms with Gasteiger partial charge in [-0.25, -0.2) is 4.98 Å². The van der Waals surface area contributed by atoms with E-state index in [0.717, 1.165) is 31.3 Å². The van der Waals surface area contributed by atoms with Crippen LogP contribution in [0.3, 0.4) is 0 Å². The van der Waals surface area contributed by atoms with Gasteiger partial charge in [-0.1, -0.05) is 6.07 Å². The minimum atomic E-state index is 0.902. The van der Waals surface area contributed by atoms with Crippen molar-refractivity contribution >= 4 is 11.6 Å². The number of hydrogen-bond acceptors (Lipinski definition) is 4. The van der Waals surface area contributed by atoms with E-state index in [1.165, 1.54) is 12.8 Å². The SMILES string of the molecule is CCNc1cccc(NCCCCN(C)C)n1. The lowest BCUT2D eigenvalue weighted by Crippen LogP contribution is -2.14. The highest BCUT2D eigenvalue weighted by atomic mass is 15.1. The minimum Gasteiger partial charge on any atom is -0.370 e. The first-order chi connectivity index (χ1) is 8.22. The van der Waals surface area contributed by atoms with Gasteiger partial charge >= 0.3 is 0 Å². The van der Waals surface area contributed by atoms with E-state index >= 15 is 0 Å². The van der Waals surface area contributed by atoms with Crippen LogP contribution in [-0.2, 0) is 0 Å². The third-order valence-electron chi connectivity index (χ3n) is 2.45. The molecule has 0 amide bonds. The fourth-order valence-electron chi connectivity index (χ4n) is 1.58. The van der Waals surface area contributed by atoms with E-state index < -0.39 is 0 Å². The molecule has 1 rings (SSSR count). The summed E-state index contributed by atoms with van der Waals surface area (Å²) in [7, 11) is 4.21. The van der Waals surface area contributed by atoms with E-state index in [9.17, 15) is 0 Å². The van der Waals surface area contributed by atoms with Gasteiger partial charge in [-0.2, -0.15) is 0 Å². The van der Waals surface area contributed by atoms with Crippen molar-refractivity contribution in [3.8, 4) is 0 Å². The number of anilines is 2. The highest BCUT2D eigenvalue weighted by Crippen LogP contribution is 2.08. The van der Waals surface area contributed by atoms with Crippen LogP contribution >= 0.6 is 0 Å². The summed E-state index contributed by atoms with van der Waals surface area (Å²) in [5.74, 6) is 1.89. The Labute approximate surface area is 104 Å². The summed E-state index contributed by atoms with van der Waals surface area (Å²) < 4.78 is 0. The van der Waals surface area contributed by atoms with Gasteiger partial charge in [0.05, 0.1) is 0 Å². The minimum absolute atomic E-state index is 0.902. The van der Waals surface area contributed by atoms with Gasteiger partial charge in [0.2, 0.25) is 0 Å². The number of nitrogens with one attached hydrogen (secondary N) is 2. The van der Waals surface area contributed by atoms with Crippen LogP contribution in [0.4, 0.5) is 11.6 Å². The number of hydrogen-bond donors (Lipinski definition) is 2. The lowest BCUT2D eigenvalue weighted by molar-refractivity contribution is 0.396. The molecule has 0 aromatic carbocycles. The Morgan fingerprint density at radius 1 is 1.12 bits per heavy atom. The Hall–Kier alpha value is -1.29. The van der Waals surface area contributed by atoms with Gasteiger partial charge in [-0.3, -0.25) is 0 Å². The van der Waals surface area contributed by atoms with Gasteiger partial charge in [0.25, 0.3) is 0 Å². The van der Waals surface area contributed by atoms with E-state index in [-0.39, 0.29) is 0 Å². The topological polar surface area (TPSA) is 40.2 Å². The van der Waals surface area contributed by atoms with Crippen LogP contribution in [-0.4, -0.2) is 43.6 Å². The van der Waals surface area contributed by atoms with Crippen LogP contribution in [0.1, 0.15) is 19.8 Å². The summed E-state index contributed by atoms with van der Waals surface area (Å²) in [5, 5.41) is 6.55. The maximum Gasteiger partial charge on any atom is 0.128 e. The molecule has 1 aromatic heterocycles. The lowest BCUT2D eigenvalue weighted by Gasteiger charge is -2.10. The summed E-state index contributed by atoms with van der Waals surface area (Å²) in [6.07, 6.45) is 2.39. The van der Waals surface area contributed by atoms with E-state index in [2.05, 4.69) is 41.5 Å². The third-order valence-corrected chi connectivity index (χ3v) is 2.45. The molecule has 17 heavy (non-hydrogen) atoms. The standard InChI is InChI=1S/C13H24N4/c1-4-14-12-8-7-9-13(16-12)15-10-5-6-11-17(2)3/h7-9H,4-6,10-11H2,1-3H3,(H2,14,15,16). The van der Waals surface area contributed by atoms with Crippen molar-refractivity contribution in [2.45, 2.75) is 19.8 Å². The second-order valence-corrected chi connectivity index (χ2v) is 4.38.